The van der Waals surface area contributed by atoms with E-state index in [1.165, 1.54) is 17.4 Å². The van der Waals surface area contributed by atoms with E-state index in [1.54, 1.807) is 17.0 Å². The van der Waals surface area contributed by atoms with Gasteiger partial charge in [-0.2, -0.15) is 0 Å². The normalized spacial score (nSPS) is 21.6. The lowest BCUT2D eigenvalue weighted by Crippen LogP contribution is -2.50. The van der Waals surface area contributed by atoms with Crippen molar-refractivity contribution in [2.45, 2.75) is 38.6 Å². The molecule has 174 valence electrons. The van der Waals surface area contributed by atoms with Crippen molar-refractivity contribution in [2.75, 3.05) is 32.7 Å². The van der Waals surface area contributed by atoms with E-state index in [-0.39, 0.29) is 29.6 Å². The third kappa shape index (κ3) is 4.54. The fourth-order valence-corrected chi connectivity index (χ4v) is 5.47. The lowest BCUT2D eigenvalue weighted by Gasteiger charge is -2.39. The Morgan fingerprint density at radius 2 is 1.52 bits per heavy atom. The molecule has 3 aliphatic heterocycles. The summed E-state index contributed by atoms with van der Waals surface area (Å²) in [5.41, 5.74) is 2.59. The number of carbonyl (C=O) groups excluding carboxylic acids is 3. The largest absolute Gasteiger partial charge is 0.459 e. The second-order valence-electron chi connectivity index (χ2n) is 9.45. The average Bonchev–Trinajstić information content (AvgIpc) is 3.42. The van der Waals surface area contributed by atoms with Gasteiger partial charge in [-0.1, -0.05) is 24.3 Å². The van der Waals surface area contributed by atoms with Crippen LogP contribution in [0.1, 0.15) is 47.4 Å². The molecular formula is C26H31N3O4. The van der Waals surface area contributed by atoms with E-state index < -0.39 is 0 Å². The summed E-state index contributed by atoms with van der Waals surface area (Å²) in [6, 6.07) is 11.7. The predicted octanol–water partition coefficient (Wildman–Crippen LogP) is 2.96. The van der Waals surface area contributed by atoms with Crippen molar-refractivity contribution in [1.82, 2.24) is 14.7 Å². The Hall–Kier alpha value is -3.09. The summed E-state index contributed by atoms with van der Waals surface area (Å²) in [6.45, 7) is 3.78. The molecule has 0 unspecified atom stereocenters. The maximum absolute atomic E-state index is 13.2. The predicted molar refractivity (Wildman–Crippen MR) is 122 cm³/mol. The van der Waals surface area contributed by atoms with Crippen molar-refractivity contribution in [3.63, 3.8) is 0 Å². The summed E-state index contributed by atoms with van der Waals surface area (Å²) in [5, 5.41) is 0. The smallest absolute Gasteiger partial charge is 0.289 e. The molecule has 0 aliphatic carbocycles. The van der Waals surface area contributed by atoms with Crippen LogP contribution in [0.15, 0.2) is 47.1 Å². The highest BCUT2D eigenvalue weighted by Crippen LogP contribution is 2.27. The van der Waals surface area contributed by atoms with Crippen LogP contribution in [-0.2, 0) is 22.6 Å². The first-order valence-electron chi connectivity index (χ1n) is 12.1. The molecule has 2 fully saturated rings. The van der Waals surface area contributed by atoms with Crippen LogP contribution in [-0.4, -0.2) is 65.1 Å². The van der Waals surface area contributed by atoms with Gasteiger partial charge in [0.25, 0.3) is 5.91 Å². The summed E-state index contributed by atoms with van der Waals surface area (Å²) in [7, 11) is 0. The van der Waals surface area contributed by atoms with Gasteiger partial charge in [0.05, 0.1) is 12.2 Å². The summed E-state index contributed by atoms with van der Waals surface area (Å²) >= 11 is 0. The second kappa shape index (κ2) is 9.41. The van der Waals surface area contributed by atoms with Crippen molar-refractivity contribution < 1.29 is 18.8 Å². The molecule has 2 saturated heterocycles. The zero-order valence-corrected chi connectivity index (χ0v) is 18.9. The van der Waals surface area contributed by atoms with Crippen molar-refractivity contribution in [3.8, 4) is 0 Å². The van der Waals surface area contributed by atoms with Crippen LogP contribution < -0.4 is 0 Å². The number of rotatable bonds is 3. The van der Waals surface area contributed by atoms with Crippen LogP contribution >= 0.6 is 0 Å². The van der Waals surface area contributed by atoms with Crippen LogP contribution in [0.2, 0.25) is 0 Å². The van der Waals surface area contributed by atoms with Crippen molar-refractivity contribution >= 4 is 17.7 Å². The summed E-state index contributed by atoms with van der Waals surface area (Å²) in [5.74, 6) is 0.327. The third-order valence-corrected chi connectivity index (χ3v) is 7.39. The molecule has 3 aliphatic rings. The highest BCUT2D eigenvalue weighted by Gasteiger charge is 2.36. The van der Waals surface area contributed by atoms with E-state index in [9.17, 15) is 14.4 Å². The van der Waals surface area contributed by atoms with Gasteiger partial charge >= 0.3 is 0 Å². The number of amides is 3. The summed E-state index contributed by atoms with van der Waals surface area (Å²) in [6.07, 6.45) is 5.44. The fourth-order valence-electron chi connectivity index (χ4n) is 5.47. The fraction of sp³-hybridized carbons (Fsp3) is 0.500. The van der Waals surface area contributed by atoms with E-state index in [0.29, 0.717) is 51.3 Å². The summed E-state index contributed by atoms with van der Waals surface area (Å²) < 4.78 is 5.24. The van der Waals surface area contributed by atoms with Gasteiger partial charge in [-0.15, -0.1) is 0 Å². The van der Waals surface area contributed by atoms with Gasteiger partial charge in [0.1, 0.15) is 0 Å². The molecule has 0 radical (unpaired) electrons. The van der Waals surface area contributed by atoms with Gasteiger partial charge in [0, 0.05) is 45.2 Å². The van der Waals surface area contributed by atoms with Gasteiger partial charge < -0.3 is 19.1 Å². The van der Waals surface area contributed by atoms with Crippen LogP contribution in [0.25, 0.3) is 0 Å². The SMILES string of the molecule is O=C(c1ccco1)N1CCC[C@@H](C(=O)N2CCC(C(=O)N3CCc4ccccc4C3)CC2)C1. The zero-order valence-electron chi connectivity index (χ0n) is 18.9. The maximum atomic E-state index is 13.2. The Bertz CT molecular complexity index is 1010. The number of likely N-dealkylation sites (tertiary alicyclic amines) is 2. The first kappa shape index (κ1) is 21.7. The topological polar surface area (TPSA) is 74.1 Å². The number of fused-ring (bicyclic) bond motifs is 1. The lowest BCUT2D eigenvalue weighted by molar-refractivity contribution is -0.143. The molecule has 0 N–H and O–H groups in total. The second-order valence-corrected chi connectivity index (χ2v) is 9.45. The number of piperidine rings is 2. The number of hydrogen-bond donors (Lipinski definition) is 0. The van der Waals surface area contributed by atoms with Gasteiger partial charge in [-0.25, -0.2) is 0 Å². The average molecular weight is 450 g/mol. The first-order valence-corrected chi connectivity index (χ1v) is 12.1. The molecule has 1 atom stereocenters. The Labute approximate surface area is 194 Å². The van der Waals surface area contributed by atoms with E-state index in [1.807, 2.05) is 15.9 Å². The molecule has 1 aromatic heterocycles. The quantitative estimate of drug-likeness (QED) is 0.722. The molecule has 33 heavy (non-hydrogen) atoms. The molecule has 0 saturated carbocycles. The highest BCUT2D eigenvalue weighted by atomic mass is 16.3. The van der Waals surface area contributed by atoms with E-state index in [2.05, 4.69) is 18.2 Å². The molecule has 2 aromatic rings. The minimum atomic E-state index is -0.177. The molecule has 7 heteroatoms. The molecular weight excluding hydrogens is 418 g/mol. The number of benzene rings is 1. The van der Waals surface area contributed by atoms with Crippen LogP contribution in [0.5, 0.6) is 0 Å². The van der Waals surface area contributed by atoms with E-state index in [0.717, 1.165) is 25.8 Å². The Kier molecular flexibility index (Phi) is 6.20. The molecule has 7 nitrogen and oxygen atoms in total. The van der Waals surface area contributed by atoms with Crippen molar-refractivity contribution in [3.05, 3.63) is 59.5 Å². The number of furan rings is 1. The molecule has 3 amide bonds. The minimum Gasteiger partial charge on any atom is -0.459 e. The van der Waals surface area contributed by atoms with Gasteiger partial charge in [-0.05, 0) is 55.4 Å². The molecule has 4 heterocycles. The van der Waals surface area contributed by atoms with Crippen molar-refractivity contribution in [2.24, 2.45) is 11.8 Å². The number of carbonyl (C=O) groups is 3. The number of nitrogens with zero attached hydrogens (tertiary/aromatic N) is 3. The lowest BCUT2D eigenvalue weighted by atomic mass is 9.91. The Balaban J connectivity index is 1.14. The van der Waals surface area contributed by atoms with Gasteiger partial charge in [0.15, 0.2) is 5.76 Å². The Morgan fingerprint density at radius 1 is 0.758 bits per heavy atom. The molecule has 5 rings (SSSR count). The molecule has 1 aromatic carbocycles. The van der Waals surface area contributed by atoms with Crippen LogP contribution in [0, 0.1) is 11.8 Å². The van der Waals surface area contributed by atoms with Crippen molar-refractivity contribution in [1.29, 1.82) is 0 Å². The standard InChI is InChI=1S/C26H31N3O4/c30-24(29-15-9-19-5-1-2-6-21(19)17-29)20-10-13-27(14-11-20)25(31)22-7-3-12-28(18-22)26(32)23-8-4-16-33-23/h1-2,4-6,8,16,20,22H,3,7,9-15,17-18H2/t22-/m1/s1. The van der Waals surface area contributed by atoms with E-state index >= 15 is 0 Å². The highest BCUT2D eigenvalue weighted by molar-refractivity contribution is 5.92. The number of hydrogen-bond acceptors (Lipinski definition) is 4. The van der Waals surface area contributed by atoms with Gasteiger partial charge in [-0.3, -0.25) is 14.4 Å². The van der Waals surface area contributed by atoms with Gasteiger partial charge in [0.2, 0.25) is 11.8 Å². The molecule has 0 bridgehead atoms. The minimum absolute atomic E-state index is 0.0114. The van der Waals surface area contributed by atoms with E-state index in [4.69, 9.17) is 4.42 Å². The van der Waals surface area contributed by atoms with Crippen LogP contribution in [0.3, 0.4) is 0 Å². The first-order chi connectivity index (χ1) is 16.1. The summed E-state index contributed by atoms with van der Waals surface area (Å²) in [4.78, 5) is 44.6. The monoisotopic (exact) mass is 449 g/mol. The third-order valence-electron chi connectivity index (χ3n) is 7.39. The zero-order chi connectivity index (χ0) is 22.8. The molecule has 0 spiro atoms. The van der Waals surface area contributed by atoms with Crippen LogP contribution in [0.4, 0.5) is 0 Å². The Morgan fingerprint density at radius 3 is 2.27 bits per heavy atom. The maximum Gasteiger partial charge on any atom is 0.289 e.